The molecule has 0 unspecified atom stereocenters. The first-order valence-corrected chi connectivity index (χ1v) is 9.55. The van der Waals surface area contributed by atoms with Gasteiger partial charge in [0.05, 0.1) is 10.7 Å². The summed E-state index contributed by atoms with van der Waals surface area (Å²) in [5.74, 6) is -0.370. The molecule has 7 nitrogen and oxygen atoms in total. The number of carbonyl (C=O) groups excluding carboxylic acids is 1. The third-order valence-corrected chi connectivity index (χ3v) is 4.86. The van der Waals surface area contributed by atoms with E-state index in [0.29, 0.717) is 22.4 Å². The van der Waals surface area contributed by atoms with E-state index in [1.807, 2.05) is 24.3 Å². The molecule has 0 aliphatic rings. The summed E-state index contributed by atoms with van der Waals surface area (Å²) in [5.41, 5.74) is 2.62. The molecule has 0 atom stereocenters. The summed E-state index contributed by atoms with van der Waals surface area (Å²) >= 11 is 7.10. The SMILES string of the molecule is O=C(Cn1cc(CSc2nc3ccccc3o2)nn1)Nc1ccc(F)c(Cl)c1. The Morgan fingerprint density at radius 2 is 2.14 bits per heavy atom. The third kappa shape index (κ3) is 4.32. The summed E-state index contributed by atoms with van der Waals surface area (Å²) < 4.78 is 20.2. The highest BCUT2D eigenvalue weighted by Gasteiger charge is 2.10. The van der Waals surface area contributed by atoms with Crippen LogP contribution in [0.25, 0.3) is 11.1 Å². The molecule has 4 rings (SSSR count). The van der Waals surface area contributed by atoms with Crippen LogP contribution < -0.4 is 5.32 Å². The van der Waals surface area contributed by atoms with Gasteiger partial charge in [-0.25, -0.2) is 14.1 Å². The first-order valence-electron chi connectivity index (χ1n) is 8.19. The monoisotopic (exact) mass is 417 g/mol. The summed E-state index contributed by atoms with van der Waals surface area (Å²) in [7, 11) is 0. The molecule has 142 valence electrons. The number of thioether (sulfide) groups is 1. The average molecular weight is 418 g/mol. The molecule has 2 aromatic carbocycles. The molecular weight excluding hydrogens is 405 g/mol. The number of halogens is 2. The maximum atomic E-state index is 13.2. The maximum Gasteiger partial charge on any atom is 0.257 e. The second-order valence-electron chi connectivity index (χ2n) is 5.82. The van der Waals surface area contributed by atoms with Crippen molar-refractivity contribution in [1.82, 2.24) is 20.0 Å². The molecule has 0 aliphatic carbocycles. The van der Waals surface area contributed by atoms with Crippen molar-refractivity contribution < 1.29 is 13.6 Å². The van der Waals surface area contributed by atoms with E-state index in [1.54, 1.807) is 6.20 Å². The fourth-order valence-corrected chi connectivity index (χ4v) is 3.35. The molecule has 2 aromatic heterocycles. The highest BCUT2D eigenvalue weighted by atomic mass is 35.5. The van der Waals surface area contributed by atoms with E-state index in [0.717, 1.165) is 11.1 Å². The largest absolute Gasteiger partial charge is 0.431 e. The van der Waals surface area contributed by atoms with Gasteiger partial charge >= 0.3 is 0 Å². The van der Waals surface area contributed by atoms with Gasteiger partial charge in [0.25, 0.3) is 5.22 Å². The number of hydrogen-bond donors (Lipinski definition) is 1. The van der Waals surface area contributed by atoms with Gasteiger partial charge in [0.15, 0.2) is 5.58 Å². The molecule has 0 radical (unpaired) electrons. The molecule has 0 fully saturated rings. The van der Waals surface area contributed by atoms with Crippen molar-refractivity contribution in [3.05, 3.63) is 65.2 Å². The van der Waals surface area contributed by atoms with Gasteiger partial charge in [-0.15, -0.1) is 5.10 Å². The first kappa shape index (κ1) is 18.5. The van der Waals surface area contributed by atoms with E-state index >= 15 is 0 Å². The maximum absolute atomic E-state index is 13.2. The van der Waals surface area contributed by atoms with Crippen LogP contribution in [0.5, 0.6) is 0 Å². The number of para-hydroxylation sites is 2. The second kappa shape index (κ2) is 7.99. The molecule has 0 bridgehead atoms. The van der Waals surface area contributed by atoms with E-state index in [1.165, 1.54) is 34.6 Å². The number of rotatable bonds is 6. The van der Waals surface area contributed by atoms with Crippen LogP contribution >= 0.6 is 23.4 Å². The van der Waals surface area contributed by atoms with Crippen molar-refractivity contribution >= 4 is 46.1 Å². The predicted octanol–water partition coefficient (Wildman–Crippen LogP) is 4.14. The normalized spacial score (nSPS) is 11.1. The number of hydrogen-bond acceptors (Lipinski definition) is 6. The first-order chi connectivity index (χ1) is 13.6. The number of anilines is 1. The molecule has 1 amide bonds. The number of amides is 1. The molecule has 0 aliphatic heterocycles. The van der Waals surface area contributed by atoms with E-state index < -0.39 is 5.82 Å². The van der Waals surface area contributed by atoms with Crippen molar-refractivity contribution in [3.8, 4) is 0 Å². The third-order valence-electron chi connectivity index (χ3n) is 3.71. The fourth-order valence-electron chi connectivity index (χ4n) is 2.45. The molecule has 0 spiro atoms. The van der Waals surface area contributed by atoms with Gasteiger partial charge in [0.2, 0.25) is 5.91 Å². The van der Waals surface area contributed by atoms with Crippen LogP contribution in [-0.2, 0) is 17.1 Å². The Morgan fingerprint density at radius 3 is 2.96 bits per heavy atom. The summed E-state index contributed by atoms with van der Waals surface area (Å²) in [6, 6.07) is 11.5. The number of benzene rings is 2. The summed E-state index contributed by atoms with van der Waals surface area (Å²) in [6.07, 6.45) is 1.67. The second-order valence-corrected chi connectivity index (χ2v) is 7.15. The zero-order valence-corrected chi connectivity index (χ0v) is 15.9. The minimum absolute atomic E-state index is 0.0322. The smallest absolute Gasteiger partial charge is 0.257 e. The van der Waals surface area contributed by atoms with E-state index in [9.17, 15) is 9.18 Å². The van der Waals surface area contributed by atoms with E-state index in [2.05, 4.69) is 20.6 Å². The van der Waals surface area contributed by atoms with Gasteiger partial charge in [0, 0.05) is 17.6 Å². The molecule has 28 heavy (non-hydrogen) atoms. The Balaban J connectivity index is 1.33. The summed E-state index contributed by atoms with van der Waals surface area (Å²) in [4.78, 5) is 16.5. The number of aromatic nitrogens is 4. The van der Waals surface area contributed by atoms with Gasteiger partial charge in [-0.2, -0.15) is 0 Å². The lowest BCUT2D eigenvalue weighted by atomic mass is 10.3. The molecule has 10 heteroatoms. The van der Waals surface area contributed by atoms with Gasteiger partial charge in [-0.05, 0) is 30.3 Å². The van der Waals surface area contributed by atoms with Crippen LogP contribution in [0.1, 0.15) is 5.69 Å². The zero-order chi connectivity index (χ0) is 19.5. The molecule has 0 saturated carbocycles. The topological polar surface area (TPSA) is 85.8 Å². The number of nitrogens with one attached hydrogen (secondary N) is 1. The van der Waals surface area contributed by atoms with E-state index in [-0.39, 0.29) is 17.5 Å². The lowest BCUT2D eigenvalue weighted by Crippen LogP contribution is -2.19. The van der Waals surface area contributed by atoms with Crippen LogP contribution in [0.2, 0.25) is 5.02 Å². The Morgan fingerprint density at radius 1 is 1.29 bits per heavy atom. The van der Waals surface area contributed by atoms with Crippen molar-refractivity contribution in [2.45, 2.75) is 17.5 Å². The number of fused-ring (bicyclic) bond motifs is 1. The molecule has 2 heterocycles. The van der Waals surface area contributed by atoms with Gasteiger partial charge in [-0.3, -0.25) is 4.79 Å². The van der Waals surface area contributed by atoms with Crippen molar-refractivity contribution in [3.63, 3.8) is 0 Å². The molecule has 1 N–H and O–H groups in total. The highest BCUT2D eigenvalue weighted by molar-refractivity contribution is 7.98. The van der Waals surface area contributed by atoms with Crippen molar-refractivity contribution in [1.29, 1.82) is 0 Å². The van der Waals surface area contributed by atoms with Crippen molar-refractivity contribution in [2.75, 3.05) is 5.32 Å². The lowest BCUT2D eigenvalue weighted by molar-refractivity contribution is -0.116. The van der Waals surface area contributed by atoms with Crippen molar-refractivity contribution in [2.24, 2.45) is 0 Å². The summed E-state index contributed by atoms with van der Waals surface area (Å²) in [6.45, 7) is -0.0322. The van der Waals surface area contributed by atoms with Gasteiger partial charge in [0.1, 0.15) is 17.9 Å². The Labute approximate surface area is 167 Å². The Kier molecular flexibility index (Phi) is 5.27. The van der Waals surface area contributed by atoms with Crippen LogP contribution in [0, 0.1) is 5.82 Å². The van der Waals surface area contributed by atoms with Crippen LogP contribution in [0.3, 0.4) is 0 Å². The van der Waals surface area contributed by atoms with Crippen LogP contribution in [0.4, 0.5) is 10.1 Å². The van der Waals surface area contributed by atoms with Gasteiger partial charge in [-0.1, -0.05) is 40.7 Å². The van der Waals surface area contributed by atoms with Gasteiger partial charge < -0.3 is 9.73 Å². The standard InChI is InChI=1S/C18H13ClFN5O2S/c19-13-7-11(5-6-14(13)20)21-17(26)9-25-8-12(23-24-25)10-28-18-22-15-3-1-2-4-16(15)27-18/h1-8H,9-10H2,(H,21,26). The summed E-state index contributed by atoms with van der Waals surface area (Å²) in [5, 5.41) is 11.1. The predicted molar refractivity (Wildman–Crippen MR) is 104 cm³/mol. The molecular formula is C18H13ClFN5O2S. The minimum Gasteiger partial charge on any atom is -0.431 e. The number of oxazole rings is 1. The highest BCUT2D eigenvalue weighted by Crippen LogP contribution is 2.25. The minimum atomic E-state index is -0.544. The lowest BCUT2D eigenvalue weighted by Gasteiger charge is -2.05. The van der Waals surface area contributed by atoms with E-state index in [4.69, 9.17) is 16.0 Å². The number of nitrogens with zero attached hydrogens (tertiary/aromatic N) is 4. The van der Waals surface area contributed by atoms with Crippen LogP contribution in [0.15, 0.2) is 58.3 Å². The number of carbonyl (C=O) groups is 1. The zero-order valence-electron chi connectivity index (χ0n) is 14.3. The Hall–Kier alpha value is -2.91. The molecule has 0 saturated heterocycles. The fraction of sp³-hybridized carbons (Fsp3) is 0.111. The average Bonchev–Trinajstić information content (AvgIpc) is 3.29. The Bertz CT molecular complexity index is 1110. The molecule has 4 aromatic rings. The quantitative estimate of drug-likeness (QED) is 0.474. The van der Waals surface area contributed by atoms with Crippen LogP contribution in [-0.4, -0.2) is 25.9 Å².